The van der Waals surface area contributed by atoms with Crippen LogP contribution in [-0.2, 0) is 14.2 Å². The summed E-state index contributed by atoms with van der Waals surface area (Å²) in [6.07, 6.45) is -1.86. The second kappa shape index (κ2) is 12.9. The van der Waals surface area contributed by atoms with E-state index in [1.165, 1.54) is 0 Å². The molecule has 0 aromatic rings. The van der Waals surface area contributed by atoms with E-state index in [1.54, 1.807) is 6.08 Å². The van der Waals surface area contributed by atoms with Gasteiger partial charge in [0.1, 0.15) is 12.7 Å². The van der Waals surface area contributed by atoms with Gasteiger partial charge in [-0.3, -0.25) is 0 Å². The summed E-state index contributed by atoms with van der Waals surface area (Å²) in [4.78, 5) is 0. The van der Waals surface area contributed by atoms with E-state index >= 15 is 0 Å². The molecule has 0 heterocycles. The number of alkyl halides is 2. The second-order valence-electron chi connectivity index (χ2n) is 4.89. The van der Waals surface area contributed by atoms with Crippen LogP contribution in [0.3, 0.4) is 0 Å². The number of hydrogen-bond donors (Lipinski definition) is 3. The van der Waals surface area contributed by atoms with Crippen molar-refractivity contribution in [3.63, 3.8) is 0 Å². The summed E-state index contributed by atoms with van der Waals surface area (Å²) >= 11 is 0. The summed E-state index contributed by atoms with van der Waals surface area (Å²) in [7, 11) is 0. The molecular weight excluding hydrogens is 302 g/mol. The fourth-order valence-corrected chi connectivity index (χ4v) is 1.54. The Hall–Kier alpha value is -0.640. The largest absolute Gasteiger partial charge is 0.391 e. The average molecular weight is 328 g/mol. The first-order valence-electron chi connectivity index (χ1n) is 7.15. The van der Waals surface area contributed by atoms with Gasteiger partial charge in [-0.2, -0.15) is 8.78 Å². The van der Waals surface area contributed by atoms with Crippen molar-refractivity contribution < 1.29 is 38.3 Å². The van der Waals surface area contributed by atoms with Crippen molar-refractivity contribution in [2.45, 2.75) is 37.6 Å². The van der Waals surface area contributed by atoms with Crippen LogP contribution in [0.25, 0.3) is 0 Å². The van der Waals surface area contributed by atoms with Gasteiger partial charge < -0.3 is 29.5 Å². The zero-order chi connectivity index (χ0) is 16.8. The van der Waals surface area contributed by atoms with E-state index in [0.717, 1.165) is 12.8 Å². The third-order valence-corrected chi connectivity index (χ3v) is 2.52. The zero-order valence-electron chi connectivity index (χ0n) is 12.6. The lowest BCUT2D eigenvalue weighted by Gasteiger charge is -2.15. The summed E-state index contributed by atoms with van der Waals surface area (Å²) in [5.74, 6) is 0. The lowest BCUT2D eigenvalue weighted by molar-refractivity contribution is -0.235. The third-order valence-electron chi connectivity index (χ3n) is 2.52. The second-order valence-corrected chi connectivity index (χ2v) is 4.89. The zero-order valence-corrected chi connectivity index (χ0v) is 12.6. The Morgan fingerprint density at radius 1 is 1.00 bits per heavy atom. The molecule has 2 unspecified atom stereocenters. The van der Waals surface area contributed by atoms with Crippen LogP contribution >= 0.6 is 0 Å². The Kier molecular flexibility index (Phi) is 12.5. The highest BCUT2D eigenvalue weighted by Gasteiger charge is 2.24. The molecule has 0 bridgehead atoms. The molecule has 0 aromatic carbocycles. The predicted molar refractivity (Wildman–Crippen MR) is 75.7 cm³/mol. The van der Waals surface area contributed by atoms with Gasteiger partial charge in [-0.15, -0.1) is 6.58 Å². The molecule has 0 fully saturated rings. The van der Waals surface area contributed by atoms with Crippen LogP contribution in [0.1, 0.15) is 19.3 Å². The Morgan fingerprint density at radius 2 is 1.64 bits per heavy atom. The number of rotatable bonds is 15. The summed E-state index contributed by atoms with van der Waals surface area (Å²) in [6, 6.07) is 0. The van der Waals surface area contributed by atoms with E-state index in [9.17, 15) is 19.0 Å². The van der Waals surface area contributed by atoms with Gasteiger partial charge in [-0.25, -0.2) is 0 Å². The summed E-state index contributed by atoms with van der Waals surface area (Å²) < 4.78 is 38.7. The fourth-order valence-electron chi connectivity index (χ4n) is 1.54. The molecule has 8 heteroatoms. The normalized spacial score (nSPS) is 14.8. The number of unbranched alkanes of at least 4 members (excludes halogenated alkanes) is 1. The summed E-state index contributed by atoms with van der Waals surface area (Å²) in [5, 5.41) is 27.1. The Bertz CT molecular complexity index is 273. The van der Waals surface area contributed by atoms with Gasteiger partial charge in [-0.1, -0.05) is 6.08 Å². The van der Waals surface area contributed by atoms with E-state index in [4.69, 9.17) is 14.6 Å². The van der Waals surface area contributed by atoms with Gasteiger partial charge in [0.05, 0.1) is 32.5 Å². The molecule has 22 heavy (non-hydrogen) atoms. The fraction of sp³-hybridized carbons (Fsp3) is 0.857. The van der Waals surface area contributed by atoms with Crippen molar-refractivity contribution >= 4 is 0 Å². The molecule has 6 nitrogen and oxygen atoms in total. The molecule has 0 spiro atoms. The van der Waals surface area contributed by atoms with Crippen LogP contribution in [0.5, 0.6) is 0 Å². The minimum atomic E-state index is -3.91. The van der Waals surface area contributed by atoms with E-state index in [1.807, 2.05) is 0 Å². The van der Waals surface area contributed by atoms with Crippen molar-refractivity contribution in [3.05, 3.63) is 12.7 Å². The Balaban J connectivity index is 3.42. The number of aliphatic hydroxyl groups excluding tert-OH is 2. The highest BCUT2D eigenvalue weighted by atomic mass is 19.3. The first-order valence-corrected chi connectivity index (χ1v) is 7.15. The maximum atomic E-state index is 12.0. The molecule has 132 valence electrons. The van der Waals surface area contributed by atoms with Gasteiger partial charge in [0, 0.05) is 6.61 Å². The van der Waals surface area contributed by atoms with Crippen LogP contribution in [0.2, 0.25) is 0 Å². The highest BCUT2D eigenvalue weighted by molar-refractivity contribution is 4.63. The standard InChI is InChI=1S/C14H26F2O6/c1-2-6-20-7-4-3-5-12(17)8-21-9-13(18)10-22-11-14(15,16)19/h2,12-13,17-19H,1,3-11H2. The van der Waals surface area contributed by atoms with Gasteiger partial charge in [0.15, 0.2) is 0 Å². The minimum Gasteiger partial charge on any atom is -0.391 e. The van der Waals surface area contributed by atoms with E-state index in [2.05, 4.69) is 11.3 Å². The molecule has 0 saturated heterocycles. The summed E-state index contributed by atoms with van der Waals surface area (Å²) in [6.45, 7) is 2.97. The van der Waals surface area contributed by atoms with Gasteiger partial charge in [0.25, 0.3) is 0 Å². The quantitative estimate of drug-likeness (QED) is 0.303. The molecule has 0 aliphatic rings. The Morgan fingerprint density at radius 3 is 2.27 bits per heavy atom. The van der Waals surface area contributed by atoms with E-state index in [0.29, 0.717) is 19.6 Å². The van der Waals surface area contributed by atoms with E-state index < -0.39 is 24.9 Å². The highest BCUT2D eigenvalue weighted by Crippen LogP contribution is 2.08. The number of hydrogen-bond acceptors (Lipinski definition) is 6. The maximum absolute atomic E-state index is 12.0. The maximum Gasteiger partial charge on any atom is 0.376 e. The Labute approximate surface area is 129 Å². The average Bonchev–Trinajstić information content (AvgIpc) is 2.41. The van der Waals surface area contributed by atoms with Gasteiger partial charge >= 0.3 is 6.11 Å². The van der Waals surface area contributed by atoms with Crippen LogP contribution < -0.4 is 0 Å². The number of halogens is 2. The molecule has 3 N–H and O–H groups in total. The topological polar surface area (TPSA) is 88.4 Å². The third kappa shape index (κ3) is 15.7. The lowest BCUT2D eigenvalue weighted by atomic mass is 10.2. The molecule has 0 aliphatic carbocycles. The molecule has 0 aliphatic heterocycles. The monoisotopic (exact) mass is 328 g/mol. The first kappa shape index (κ1) is 21.4. The van der Waals surface area contributed by atoms with E-state index in [-0.39, 0.29) is 19.8 Å². The number of aliphatic hydroxyl groups is 3. The molecule has 0 rings (SSSR count). The predicted octanol–water partition coefficient (Wildman–Crippen LogP) is 0.699. The molecule has 0 amide bonds. The molecule has 0 aromatic heterocycles. The first-order chi connectivity index (χ1) is 10.3. The van der Waals surface area contributed by atoms with Crippen molar-refractivity contribution in [3.8, 4) is 0 Å². The smallest absolute Gasteiger partial charge is 0.376 e. The van der Waals surface area contributed by atoms with Gasteiger partial charge in [0.2, 0.25) is 0 Å². The van der Waals surface area contributed by atoms with Crippen LogP contribution in [0.15, 0.2) is 12.7 Å². The van der Waals surface area contributed by atoms with Crippen molar-refractivity contribution in [1.29, 1.82) is 0 Å². The molecule has 2 atom stereocenters. The SMILES string of the molecule is C=CCOCCCCC(O)COCC(O)COCC(O)(F)F. The van der Waals surface area contributed by atoms with Crippen molar-refractivity contribution in [2.24, 2.45) is 0 Å². The van der Waals surface area contributed by atoms with Crippen molar-refractivity contribution in [2.75, 3.05) is 39.6 Å². The van der Waals surface area contributed by atoms with Crippen LogP contribution in [0.4, 0.5) is 8.78 Å². The number of ether oxygens (including phenoxy) is 3. The van der Waals surface area contributed by atoms with Crippen LogP contribution in [0, 0.1) is 0 Å². The molecule has 0 radical (unpaired) electrons. The lowest BCUT2D eigenvalue weighted by Crippen LogP contribution is -2.29. The molecule has 0 saturated carbocycles. The van der Waals surface area contributed by atoms with Crippen LogP contribution in [-0.4, -0.2) is 73.3 Å². The minimum absolute atomic E-state index is 0.0424. The summed E-state index contributed by atoms with van der Waals surface area (Å²) in [5.41, 5.74) is 0. The van der Waals surface area contributed by atoms with Crippen molar-refractivity contribution in [1.82, 2.24) is 0 Å². The molecular formula is C14H26F2O6. The van der Waals surface area contributed by atoms with Gasteiger partial charge in [-0.05, 0) is 19.3 Å².